The van der Waals surface area contributed by atoms with Gasteiger partial charge in [-0.15, -0.1) is 0 Å². The number of hydrogen-bond donors (Lipinski definition) is 3. The smallest absolute Gasteiger partial charge is 0.229 e. The minimum absolute atomic E-state index is 0.00235. The van der Waals surface area contributed by atoms with E-state index in [1.54, 1.807) is 6.20 Å². The number of anilines is 1. The Bertz CT molecular complexity index is 1020. The normalized spacial score (nSPS) is 19.4. The molecule has 28 heavy (non-hydrogen) atoms. The predicted octanol–water partition coefficient (Wildman–Crippen LogP) is 1.53. The van der Waals surface area contributed by atoms with Gasteiger partial charge in [-0.05, 0) is 31.5 Å². The molecule has 1 atom stereocenters. The molecule has 144 valence electrons. The fourth-order valence-corrected chi connectivity index (χ4v) is 3.93. The van der Waals surface area contributed by atoms with Crippen LogP contribution in [0.2, 0.25) is 0 Å². The molecular formula is C20H23N7O. The lowest BCUT2D eigenvalue weighted by Gasteiger charge is -2.21. The van der Waals surface area contributed by atoms with E-state index in [9.17, 15) is 4.79 Å². The number of hydrogen-bond acceptors (Lipinski definition) is 6. The highest BCUT2D eigenvalue weighted by atomic mass is 16.2. The number of pyridine rings is 2. The van der Waals surface area contributed by atoms with Gasteiger partial charge in [0.1, 0.15) is 11.6 Å². The molecule has 5 rings (SSSR count). The van der Waals surface area contributed by atoms with E-state index < -0.39 is 0 Å². The molecule has 1 amide bonds. The Kier molecular flexibility index (Phi) is 4.50. The number of imidazole rings is 1. The lowest BCUT2D eigenvalue weighted by molar-refractivity contribution is -0.120. The van der Waals surface area contributed by atoms with Crippen LogP contribution in [0.15, 0.2) is 30.6 Å². The Hall–Kier alpha value is -2.84. The molecule has 3 N–H and O–H groups in total. The lowest BCUT2D eigenvalue weighted by atomic mass is 9.99. The van der Waals surface area contributed by atoms with Crippen LogP contribution in [0.25, 0.3) is 22.3 Å². The van der Waals surface area contributed by atoms with E-state index in [4.69, 9.17) is 4.98 Å². The van der Waals surface area contributed by atoms with Crippen molar-refractivity contribution in [2.24, 2.45) is 5.92 Å². The highest BCUT2D eigenvalue weighted by molar-refractivity contribution is 5.93. The maximum Gasteiger partial charge on any atom is 0.229 e. The van der Waals surface area contributed by atoms with Crippen LogP contribution in [0.3, 0.4) is 0 Å². The molecule has 1 fully saturated rings. The summed E-state index contributed by atoms with van der Waals surface area (Å²) in [5.41, 5.74) is 2.72. The standard InChI is InChI=1S/C20H23N7O/c28-20(14-2-1-5-21-9-14)26-18-8-16-13(10-23-18)3-4-15(25-16)17-11-24-19-12-22-6-7-27(17)19/h3-4,8,10-11,14,21-22H,1-2,5-7,9,12H2,(H,23,26,28)/t14-/m1/s1. The monoisotopic (exact) mass is 377 g/mol. The summed E-state index contributed by atoms with van der Waals surface area (Å²) in [6.07, 6.45) is 5.59. The Morgan fingerprint density at radius 2 is 2.14 bits per heavy atom. The van der Waals surface area contributed by atoms with E-state index in [0.29, 0.717) is 5.82 Å². The van der Waals surface area contributed by atoms with Crippen LogP contribution in [0, 0.1) is 5.92 Å². The molecule has 3 aromatic heterocycles. The fraction of sp³-hybridized carbons (Fsp3) is 0.400. The Balaban J connectivity index is 1.43. The van der Waals surface area contributed by atoms with Crippen LogP contribution < -0.4 is 16.0 Å². The number of carbonyl (C=O) groups is 1. The van der Waals surface area contributed by atoms with Crippen molar-refractivity contribution in [3.8, 4) is 11.4 Å². The number of fused-ring (bicyclic) bond motifs is 2. The summed E-state index contributed by atoms with van der Waals surface area (Å²) >= 11 is 0. The Labute approximate surface area is 162 Å². The van der Waals surface area contributed by atoms with Gasteiger partial charge in [-0.3, -0.25) is 4.79 Å². The first-order chi connectivity index (χ1) is 13.8. The van der Waals surface area contributed by atoms with E-state index in [2.05, 4.69) is 30.5 Å². The molecule has 0 bridgehead atoms. The van der Waals surface area contributed by atoms with Crippen molar-refractivity contribution in [3.63, 3.8) is 0 Å². The molecule has 0 aromatic carbocycles. The third-order valence-corrected chi connectivity index (χ3v) is 5.49. The molecule has 0 saturated carbocycles. The van der Waals surface area contributed by atoms with Gasteiger partial charge in [0.25, 0.3) is 0 Å². The van der Waals surface area contributed by atoms with E-state index >= 15 is 0 Å². The molecule has 0 aliphatic carbocycles. The summed E-state index contributed by atoms with van der Waals surface area (Å²) in [6.45, 7) is 4.31. The van der Waals surface area contributed by atoms with Gasteiger partial charge in [0, 0.05) is 37.3 Å². The quantitative estimate of drug-likeness (QED) is 0.641. The number of amides is 1. The van der Waals surface area contributed by atoms with Crippen LogP contribution in [-0.2, 0) is 17.9 Å². The molecule has 0 spiro atoms. The van der Waals surface area contributed by atoms with Crippen molar-refractivity contribution < 1.29 is 4.79 Å². The second kappa shape index (κ2) is 7.29. The first-order valence-corrected chi connectivity index (χ1v) is 9.82. The van der Waals surface area contributed by atoms with Gasteiger partial charge in [0.05, 0.1) is 35.6 Å². The van der Waals surface area contributed by atoms with Crippen molar-refractivity contribution >= 4 is 22.6 Å². The number of nitrogens with zero attached hydrogens (tertiary/aromatic N) is 4. The van der Waals surface area contributed by atoms with Crippen molar-refractivity contribution in [2.75, 3.05) is 25.0 Å². The van der Waals surface area contributed by atoms with Gasteiger partial charge in [-0.2, -0.15) is 0 Å². The highest BCUT2D eigenvalue weighted by Crippen LogP contribution is 2.24. The van der Waals surface area contributed by atoms with Gasteiger partial charge < -0.3 is 20.5 Å². The Morgan fingerprint density at radius 1 is 1.18 bits per heavy atom. The van der Waals surface area contributed by atoms with Gasteiger partial charge in [-0.25, -0.2) is 15.0 Å². The van der Waals surface area contributed by atoms with Crippen molar-refractivity contribution in [3.05, 3.63) is 36.4 Å². The second-order valence-corrected chi connectivity index (χ2v) is 7.38. The molecule has 8 heteroatoms. The first kappa shape index (κ1) is 17.3. The van der Waals surface area contributed by atoms with Gasteiger partial charge in [0.2, 0.25) is 5.91 Å². The summed E-state index contributed by atoms with van der Waals surface area (Å²) in [4.78, 5) is 26.2. The fourth-order valence-electron chi connectivity index (χ4n) is 3.93. The first-order valence-electron chi connectivity index (χ1n) is 9.82. The minimum Gasteiger partial charge on any atom is -0.324 e. The maximum atomic E-state index is 12.5. The molecule has 1 saturated heterocycles. The number of rotatable bonds is 3. The third-order valence-electron chi connectivity index (χ3n) is 5.49. The molecule has 0 unspecified atom stereocenters. The topological polar surface area (TPSA) is 96.8 Å². The molecule has 2 aliphatic rings. The van der Waals surface area contributed by atoms with Crippen LogP contribution in [-0.4, -0.2) is 45.1 Å². The van der Waals surface area contributed by atoms with Crippen LogP contribution in [0.4, 0.5) is 5.82 Å². The molecule has 8 nitrogen and oxygen atoms in total. The van der Waals surface area contributed by atoms with Crippen LogP contribution in [0.5, 0.6) is 0 Å². The van der Waals surface area contributed by atoms with E-state index in [1.807, 2.05) is 24.4 Å². The summed E-state index contributed by atoms with van der Waals surface area (Å²) in [7, 11) is 0. The molecular weight excluding hydrogens is 354 g/mol. The van der Waals surface area contributed by atoms with E-state index in [0.717, 1.165) is 73.7 Å². The lowest BCUT2D eigenvalue weighted by Crippen LogP contribution is -2.37. The number of carbonyl (C=O) groups excluding carboxylic acids is 1. The zero-order valence-corrected chi connectivity index (χ0v) is 15.6. The number of aromatic nitrogens is 4. The van der Waals surface area contributed by atoms with E-state index in [1.165, 1.54) is 0 Å². The van der Waals surface area contributed by atoms with E-state index in [-0.39, 0.29) is 11.8 Å². The van der Waals surface area contributed by atoms with Gasteiger partial charge in [-0.1, -0.05) is 0 Å². The highest BCUT2D eigenvalue weighted by Gasteiger charge is 2.21. The molecule has 3 aromatic rings. The average molecular weight is 377 g/mol. The zero-order valence-electron chi connectivity index (χ0n) is 15.6. The predicted molar refractivity (Wildman–Crippen MR) is 107 cm³/mol. The Morgan fingerprint density at radius 3 is 3.04 bits per heavy atom. The van der Waals surface area contributed by atoms with Gasteiger partial charge in [0.15, 0.2) is 0 Å². The summed E-state index contributed by atoms with van der Waals surface area (Å²) in [5, 5.41) is 10.5. The van der Waals surface area contributed by atoms with Crippen molar-refractivity contribution in [2.45, 2.75) is 25.9 Å². The zero-order chi connectivity index (χ0) is 18.9. The third kappa shape index (κ3) is 3.25. The number of nitrogens with one attached hydrogen (secondary N) is 3. The average Bonchev–Trinajstić information content (AvgIpc) is 3.18. The summed E-state index contributed by atoms with van der Waals surface area (Å²) in [5.74, 6) is 1.60. The molecule has 5 heterocycles. The van der Waals surface area contributed by atoms with Crippen molar-refractivity contribution in [1.82, 2.24) is 30.2 Å². The van der Waals surface area contributed by atoms with Crippen LogP contribution in [0.1, 0.15) is 18.7 Å². The van der Waals surface area contributed by atoms with Crippen molar-refractivity contribution in [1.29, 1.82) is 0 Å². The maximum absolute atomic E-state index is 12.5. The second-order valence-electron chi connectivity index (χ2n) is 7.38. The summed E-state index contributed by atoms with van der Waals surface area (Å²) in [6, 6.07) is 5.87. The van der Waals surface area contributed by atoms with Gasteiger partial charge >= 0.3 is 0 Å². The molecule has 2 aliphatic heterocycles. The number of piperidine rings is 1. The molecule has 0 radical (unpaired) electrons. The van der Waals surface area contributed by atoms with Crippen LogP contribution >= 0.6 is 0 Å². The largest absolute Gasteiger partial charge is 0.324 e. The SMILES string of the molecule is O=C(Nc1cc2nc(-c3cnc4n3CCNC4)ccc2cn1)[C@@H]1CCCNC1. The summed E-state index contributed by atoms with van der Waals surface area (Å²) < 4.78 is 2.21. The minimum atomic E-state index is -0.00235.